The average molecular weight is 257 g/mol. The third kappa shape index (κ3) is 3.09. The van der Waals surface area contributed by atoms with Gasteiger partial charge in [-0.15, -0.1) is 11.6 Å². The van der Waals surface area contributed by atoms with Gasteiger partial charge in [0, 0.05) is 30.4 Å². The second-order valence-corrected chi connectivity index (χ2v) is 4.34. The van der Waals surface area contributed by atoms with E-state index >= 15 is 0 Å². The summed E-state index contributed by atoms with van der Waals surface area (Å²) in [6.07, 6.45) is 1.02. The summed E-state index contributed by atoms with van der Waals surface area (Å²) in [5.41, 5.74) is 1.60. The summed E-state index contributed by atoms with van der Waals surface area (Å²) < 4.78 is 0. The fourth-order valence-electron chi connectivity index (χ4n) is 1.60. The first-order chi connectivity index (χ1) is 8.01. The SMILES string of the molecule is CCC(C)N(C)c1ccc([N+](=O)[O-])c(CCl)c1. The van der Waals surface area contributed by atoms with Gasteiger partial charge in [-0.3, -0.25) is 10.1 Å². The van der Waals surface area contributed by atoms with Crippen molar-refractivity contribution in [2.75, 3.05) is 11.9 Å². The van der Waals surface area contributed by atoms with Crippen LogP contribution in [0.1, 0.15) is 25.8 Å². The Morgan fingerprint density at radius 3 is 2.65 bits per heavy atom. The summed E-state index contributed by atoms with van der Waals surface area (Å²) in [5, 5.41) is 10.8. The molecule has 0 aliphatic carbocycles. The van der Waals surface area contributed by atoms with Gasteiger partial charge in [0.15, 0.2) is 0 Å². The molecule has 0 aliphatic rings. The van der Waals surface area contributed by atoms with Gasteiger partial charge in [-0.2, -0.15) is 0 Å². The number of nitro benzene ring substituents is 1. The zero-order chi connectivity index (χ0) is 13.0. The van der Waals surface area contributed by atoms with Crippen LogP contribution in [0.4, 0.5) is 11.4 Å². The number of benzene rings is 1. The number of nitrogens with zero attached hydrogens (tertiary/aromatic N) is 2. The molecule has 17 heavy (non-hydrogen) atoms. The Balaban J connectivity index is 3.09. The molecule has 0 N–H and O–H groups in total. The first-order valence-electron chi connectivity index (χ1n) is 5.57. The largest absolute Gasteiger partial charge is 0.372 e. The van der Waals surface area contributed by atoms with Crippen LogP contribution in [0.25, 0.3) is 0 Å². The van der Waals surface area contributed by atoms with E-state index < -0.39 is 4.92 Å². The predicted molar refractivity (Wildman–Crippen MR) is 70.8 cm³/mol. The van der Waals surface area contributed by atoms with Crippen LogP contribution in [0.2, 0.25) is 0 Å². The maximum atomic E-state index is 10.8. The number of anilines is 1. The van der Waals surface area contributed by atoms with Gasteiger partial charge < -0.3 is 4.90 Å². The maximum absolute atomic E-state index is 10.8. The zero-order valence-corrected chi connectivity index (χ0v) is 11.1. The number of nitro groups is 1. The quantitative estimate of drug-likeness (QED) is 0.460. The van der Waals surface area contributed by atoms with Crippen molar-refractivity contribution in [3.8, 4) is 0 Å². The standard InChI is InChI=1S/C12H17ClN2O2/c1-4-9(2)14(3)11-5-6-12(15(16)17)10(7-11)8-13/h5-7,9H,4,8H2,1-3H3. The van der Waals surface area contributed by atoms with Crippen LogP contribution in [-0.4, -0.2) is 18.0 Å². The van der Waals surface area contributed by atoms with E-state index in [9.17, 15) is 10.1 Å². The number of halogens is 1. The summed E-state index contributed by atoms with van der Waals surface area (Å²) >= 11 is 5.74. The summed E-state index contributed by atoms with van der Waals surface area (Å²) in [4.78, 5) is 12.5. The number of alkyl halides is 1. The van der Waals surface area contributed by atoms with Gasteiger partial charge >= 0.3 is 0 Å². The van der Waals surface area contributed by atoms with E-state index in [1.807, 2.05) is 7.05 Å². The van der Waals surface area contributed by atoms with Crippen LogP contribution in [0, 0.1) is 10.1 Å². The molecule has 0 aromatic heterocycles. The highest BCUT2D eigenvalue weighted by atomic mass is 35.5. The molecule has 0 saturated carbocycles. The molecule has 0 amide bonds. The van der Waals surface area contributed by atoms with Crippen molar-refractivity contribution < 1.29 is 4.92 Å². The summed E-state index contributed by atoms with van der Waals surface area (Å²) in [5.74, 6) is 0.151. The van der Waals surface area contributed by atoms with Crippen molar-refractivity contribution in [2.45, 2.75) is 32.2 Å². The Kier molecular flexibility index (Phi) is 4.75. The molecule has 0 aliphatic heterocycles. The van der Waals surface area contributed by atoms with Gasteiger partial charge in [-0.25, -0.2) is 0 Å². The van der Waals surface area contributed by atoms with Crippen LogP contribution < -0.4 is 4.90 Å². The van der Waals surface area contributed by atoms with Crippen LogP contribution in [0.3, 0.4) is 0 Å². The lowest BCUT2D eigenvalue weighted by Gasteiger charge is -2.26. The molecule has 0 fully saturated rings. The fourth-order valence-corrected chi connectivity index (χ4v) is 1.82. The summed E-state index contributed by atoms with van der Waals surface area (Å²) in [6, 6.07) is 5.46. The van der Waals surface area contributed by atoms with E-state index in [2.05, 4.69) is 18.7 Å². The van der Waals surface area contributed by atoms with Crippen molar-refractivity contribution >= 4 is 23.0 Å². The summed E-state index contributed by atoms with van der Waals surface area (Å²) in [6.45, 7) is 4.22. The van der Waals surface area contributed by atoms with Gasteiger partial charge in [0.2, 0.25) is 0 Å². The molecule has 0 bridgehead atoms. The average Bonchev–Trinajstić information content (AvgIpc) is 2.35. The van der Waals surface area contributed by atoms with Gasteiger partial charge in [-0.1, -0.05) is 6.92 Å². The van der Waals surface area contributed by atoms with Crippen molar-refractivity contribution in [1.82, 2.24) is 0 Å². The monoisotopic (exact) mass is 256 g/mol. The molecule has 1 rings (SSSR count). The number of hydrogen-bond donors (Lipinski definition) is 0. The molecule has 1 atom stereocenters. The Labute approximate surface area is 106 Å². The Bertz CT molecular complexity index is 409. The zero-order valence-electron chi connectivity index (χ0n) is 10.3. The van der Waals surface area contributed by atoms with Gasteiger partial charge in [-0.05, 0) is 25.5 Å². The highest BCUT2D eigenvalue weighted by Crippen LogP contribution is 2.27. The van der Waals surface area contributed by atoms with E-state index in [1.54, 1.807) is 12.1 Å². The number of rotatable bonds is 5. The van der Waals surface area contributed by atoms with E-state index in [-0.39, 0.29) is 11.6 Å². The highest BCUT2D eigenvalue weighted by molar-refractivity contribution is 6.17. The molecular weight excluding hydrogens is 240 g/mol. The highest BCUT2D eigenvalue weighted by Gasteiger charge is 2.16. The third-order valence-corrected chi connectivity index (χ3v) is 3.35. The second kappa shape index (κ2) is 5.87. The van der Waals surface area contributed by atoms with E-state index in [1.165, 1.54) is 6.07 Å². The van der Waals surface area contributed by atoms with Crippen LogP contribution >= 0.6 is 11.6 Å². The molecule has 0 heterocycles. The molecular formula is C12H17ClN2O2. The minimum Gasteiger partial charge on any atom is -0.372 e. The Morgan fingerprint density at radius 2 is 2.18 bits per heavy atom. The smallest absolute Gasteiger partial charge is 0.273 e. The van der Waals surface area contributed by atoms with E-state index in [0.29, 0.717) is 11.6 Å². The van der Waals surface area contributed by atoms with Crippen LogP contribution in [0.5, 0.6) is 0 Å². The first kappa shape index (κ1) is 13.8. The predicted octanol–water partition coefficient (Wildman–Crippen LogP) is 3.57. The molecule has 1 unspecified atom stereocenters. The second-order valence-electron chi connectivity index (χ2n) is 4.07. The normalized spacial score (nSPS) is 12.2. The molecule has 0 saturated heterocycles. The third-order valence-electron chi connectivity index (χ3n) is 3.06. The molecule has 4 nitrogen and oxygen atoms in total. The fraction of sp³-hybridized carbons (Fsp3) is 0.500. The van der Waals surface area contributed by atoms with Gasteiger partial charge in [0.05, 0.1) is 10.8 Å². The molecule has 5 heteroatoms. The minimum atomic E-state index is -0.398. The lowest BCUT2D eigenvalue weighted by atomic mass is 10.1. The summed E-state index contributed by atoms with van der Waals surface area (Å²) in [7, 11) is 1.98. The first-order valence-corrected chi connectivity index (χ1v) is 6.10. The van der Waals surface area contributed by atoms with Crippen LogP contribution in [0.15, 0.2) is 18.2 Å². The van der Waals surface area contributed by atoms with Crippen molar-refractivity contribution in [3.05, 3.63) is 33.9 Å². The maximum Gasteiger partial charge on any atom is 0.273 e. The van der Waals surface area contributed by atoms with Crippen molar-refractivity contribution in [1.29, 1.82) is 0 Å². The van der Waals surface area contributed by atoms with E-state index in [4.69, 9.17) is 11.6 Å². The minimum absolute atomic E-state index is 0.0845. The Morgan fingerprint density at radius 1 is 1.53 bits per heavy atom. The lowest BCUT2D eigenvalue weighted by Crippen LogP contribution is -2.27. The van der Waals surface area contributed by atoms with Crippen molar-refractivity contribution in [3.63, 3.8) is 0 Å². The molecule has 0 spiro atoms. The number of hydrogen-bond acceptors (Lipinski definition) is 3. The molecule has 94 valence electrons. The van der Waals surface area contributed by atoms with Gasteiger partial charge in [0.1, 0.15) is 0 Å². The Hall–Kier alpha value is -1.29. The van der Waals surface area contributed by atoms with Crippen molar-refractivity contribution in [2.24, 2.45) is 0 Å². The van der Waals surface area contributed by atoms with Crippen LogP contribution in [-0.2, 0) is 5.88 Å². The molecule has 0 radical (unpaired) electrons. The van der Waals surface area contributed by atoms with E-state index in [0.717, 1.165) is 12.1 Å². The topological polar surface area (TPSA) is 46.4 Å². The lowest BCUT2D eigenvalue weighted by molar-refractivity contribution is -0.385. The molecule has 1 aromatic rings. The van der Waals surface area contributed by atoms with Gasteiger partial charge in [0.25, 0.3) is 5.69 Å². The molecule has 1 aromatic carbocycles.